The van der Waals surface area contributed by atoms with E-state index in [1.54, 1.807) is 14.2 Å². The smallest absolute Gasteiger partial charge is 0.161 e. The summed E-state index contributed by atoms with van der Waals surface area (Å²) in [5.74, 6) is 1.64. The van der Waals surface area contributed by atoms with Crippen LogP contribution in [0.1, 0.15) is 42.5 Å². The van der Waals surface area contributed by atoms with E-state index < -0.39 is 0 Å². The van der Waals surface area contributed by atoms with E-state index in [0.29, 0.717) is 6.04 Å². The van der Waals surface area contributed by atoms with E-state index in [9.17, 15) is 0 Å². The van der Waals surface area contributed by atoms with E-state index in [-0.39, 0.29) is 0 Å². The fourth-order valence-electron chi connectivity index (χ4n) is 3.63. The minimum atomic E-state index is 0.293. The van der Waals surface area contributed by atoms with Crippen molar-refractivity contribution < 1.29 is 9.47 Å². The Hall–Kier alpha value is -2.00. The molecule has 1 aliphatic heterocycles. The number of unbranched alkanes of at least 4 members (excludes halogenated alkanes) is 1. The molecule has 0 bridgehead atoms. The normalized spacial score (nSPS) is 17.4. The van der Waals surface area contributed by atoms with E-state index >= 15 is 0 Å². The van der Waals surface area contributed by atoms with Gasteiger partial charge >= 0.3 is 0 Å². The van der Waals surface area contributed by atoms with E-state index in [1.807, 2.05) is 0 Å². The summed E-state index contributed by atoms with van der Waals surface area (Å²) in [5, 5.41) is 0. The van der Waals surface area contributed by atoms with Crippen LogP contribution >= 0.6 is 0 Å². The molecule has 24 heavy (non-hydrogen) atoms. The van der Waals surface area contributed by atoms with Crippen molar-refractivity contribution in [1.29, 1.82) is 0 Å². The van der Waals surface area contributed by atoms with Gasteiger partial charge in [-0.1, -0.05) is 43.7 Å². The molecular weight excluding hydrogens is 298 g/mol. The monoisotopic (exact) mass is 325 g/mol. The number of methoxy groups -OCH3 is 2. The second-order valence-corrected chi connectivity index (χ2v) is 6.36. The Morgan fingerprint density at radius 2 is 1.75 bits per heavy atom. The summed E-state index contributed by atoms with van der Waals surface area (Å²) in [6, 6.07) is 15.4. The van der Waals surface area contributed by atoms with Crippen LogP contribution < -0.4 is 9.47 Å². The lowest BCUT2D eigenvalue weighted by Gasteiger charge is -2.38. The minimum Gasteiger partial charge on any atom is -0.493 e. The predicted molar refractivity (Wildman–Crippen MR) is 98.0 cm³/mol. The second kappa shape index (κ2) is 7.71. The summed E-state index contributed by atoms with van der Waals surface area (Å²) < 4.78 is 11.1. The lowest BCUT2D eigenvalue weighted by molar-refractivity contribution is 0.209. The predicted octanol–water partition coefficient (Wildman–Crippen LogP) is 4.45. The van der Waals surface area contributed by atoms with E-state index in [2.05, 4.69) is 54.3 Å². The fourth-order valence-corrected chi connectivity index (χ4v) is 3.63. The highest BCUT2D eigenvalue weighted by molar-refractivity contribution is 5.51. The molecule has 0 saturated carbocycles. The SMILES string of the molecule is CCCCN1CCc2cc(OC)c(OC)cc2C1c1ccccc1. The number of ether oxygens (including phenoxy) is 2. The van der Waals surface area contributed by atoms with Gasteiger partial charge in [0.05, 0.1) is 20.3 Å². The van der Waals surface area contributed by atoms with E-state index in [4.69, 9.17) is 9.47 Å². The van der Waals surface area contributed by atoms with Crippen LogP contribution in [0.3, 0.4) is 0 Å². The van der Waals surface area contributed by atoms with Gasteiger partial charge < -0.3 is 9.47 Å². The van der Waals surface area contributed by atoms with Gasteiger partial charge in [-0.25, -0.2) is 0 Å². The summed E-state index contributed by atoms with van der Waals surface area (Å²) in [7, 11) is 3.41. The Morgan fingerprint density at radius 1 is 1.04 bits per heavy atom. The molecule has 0 aliphatic carbocycles. The van der Waals surface area contributed by atoms with Gasteiger partial charge in [-0.15, -0.1) is 0 Å². The molecule has 1 atom stereocenters. The lowest BCUT2D eigenvalue weighted by Crippen LogP contribution is -2.36. The van der Waals surface area contributed by atoms with Crippen LogP contribution in [-0.4, -0.2) is 32.2 Å². The molecule has 1 unspecified atom stereocenters. The number of hydrogen-bond donors (Lipinski definition) is 0. The molecule has 0 radical (unpaired) electrons. The Balaban J connectivity index is 2.07. The number of hydrogen-bond acceptors (Lipinski definition) is 3. The van der Waals surface area contributed by atoms with Crippen molar-refractivity contribution in [3.63, 3.8) is 0 Å². The molecule has 3 nitrogen and oxygen atoms in total. The number of fused-ring (bicyclic) bond motifs is 1. The van der Waals surface area contributed by atoms with Crippen molar-refractivity contribution >= 4 is 0 Å². The quantitative estimate of drug-likeness (QED) is 0.783. The highest BCUT2D eigenvalue weighted by Gasteiger charge is 2.29. The highest BCUT2D eigenvalue weighted by Crippen LogP contribution is 2.40. The van der Waals surface area contributed by atoms with Crippen LogP contribution in [0.15, 0.2) is 42.5 Å². The van der Waals surface area contributed by atoms with Gasteiger partial charge in [-0.05, 0) is 48.2 Å². The number of benzene rings is 2. The molecule has 3 rings (SSSR count). The molecule has 0 saturated heterocycles. The van der Waals surface area contributed by atoms with Crippen molar-refractivity contribution in [1.82, 2.24) is 4.90 Å². The first kappa shape index (κ1) is 16.8. The largest absolute Gasteiger partial charge is 0.493 e. The van der Waals surface area contributed by atoms with Crippen molar-refractivity contribution in [3.8, 4) is 11.5 Å². The molecular formula is C21H27NO2. The summed E-state index contributed by atoms with van der Waals surface area (Å²) >= 11 is 0. The third kappa shape index (κ3) is 3.27. The summed E-state index contributed by atoms with van der Waals surface area (Å²) in [5.41, 5.74) is 4.07. The molecule has 0 spiro atoms. The number of rotatable bonds is 6. The van der Waals surface area contributed by atoms with Gasteiger partial charge in [0.2, 0.25) is 0 Å². The zero-order valence-electron chi connectivity index (χ0n) is 14.9. The first-order valence-electron chi connectivity index (χ1n) is 8.82. The zero-order chi connectivity index (χ0) is 16.9. The molecule has 0 aromatic heterocycles. The van der Waals surface area contributed by atoms with Gasteiger partial charge in [-0.3, -0.25) is 4.90 Å². The van der Waals surface area contributed by atoms with E-state index in [0.717, 1.165) is 31.0 Å². The number of nitrogens with zero attached hydrogens (tertiary/aromatic N) is 1. The van der Waals surface area contributed by atoms with Crippen molar-refractivity contribution in [3.05, 3.63) is 59.2 Å². The van der Waals surface area contributed by atoms with Gasteiger partial charge in [0.1, 0.15) is 0 Å². The summed E-state index contributed by atoms with van der Waals surface area (Å²) in [6.07, 6.45) is 3.51. The zero-order valence-corrected chi connectivity index (χ0v) is 14.9. The molecule has 2 aromatic rings. The van der Waals surface area contributed by atoms with Crippen LogP contribution in [0.2, 0.25) is 0 Å². The maximum absolute atomic E-state index is 5.56. The average Bonchev–Trinajstić information content (AvgIpc) is 2.65. The fraction of sp³-hybridized carbons (Fsp3) is 0.429. The third-order valence-corrected chi connectivity index (χ3v) is 4.89. The first-order chi connectivity index (χ1) is 11.8. The molecule has 0 fully saturated rings. The Morgan fingerprint density at radius 3 is 2.42 bits per heavy atom. The Kier molecular flexibility index (Phi) is 5.41. The molecule has 128 valence electrons. The average molecular weight is 325 g/mol. The standard InChI is InChI=1S/C21H27NO2/c1-4-5-12-22-13-11-17-14-19(23-2)20(24-3)15-18(17)21(22)16-9-7-6-8-10-16/h6-10,14-15,21H,4-5,11-13H2,1-3H3. The van der Waals surface area contributed by atoms with E-state index in [1.165, 1.54) is 29.5 Å². The first-order valence-corrected chi connectivity index (χ1v) is 8.82. The Labute approximate surface area is 145 Å². The molecule has 2 aromatic carbocycles. The van der Waals surface area contributed by atoms with Gasteiger partial charge in [0, 0.05) is 6.54 Å². The maximum Gasteiger partial charge on any atom is 0.161 e. The van der Waals surface area contributed by atoms with Gasteiger partial charge in [0.15, 0.2) is 11.5 Å². The molecule has 1 heterocycles. The van der Waals surface area contributed by atoms with Crippen molar-refractivity contribution in [2.24, 2.45) is 0 Å². The molecule has 0 amide bonds. The van der Waals surface area contributed by atoms with Crippen LogP contribution in [0, 0.1) is 0 Å². The highest BCUT2D eigenvalue weighted by atomic mass is 16.5. The summed E-state index contributed by atoms with van der Waals surface area (Å²) in [6.45, 7) is 4.47. The lowest BCUT2D eigenvalue weighted by atomic mass is 9.87. The maximum atomic E-state index is 5.56. The van der Waals surface area contributed by atoms with Crippen LogP contribution in [0.25, 0.3) is 0 Å². The van der Waals surface area contributed by atoms with Crippen LogP contribution in [0.4, 0.5) is 0 Å². The second-order valence-electron chi connectivity index (χ2n) is 6.36. The minimum absolute atomic E-state index is 0.293. The van der Waals surface area contributed by atoms with Crippen LogP contribution in [-0.2, 0) is 6.42 Å². The Bertz CT molecular complexity index is 669. The van der Waals surface area contributed by atoms with Crippen LogP contribution in [0.5, 0.6) is 11.5 Å². The molecule has 3 heteroatoms. The van der Waals surface area contributed by atoms with Gasteiger partial charge in [0.25, 0.3) is 0 Å². The third-order valence-electron chi connectivity index (χ3n) is 4.89. The molecule has 0 N–H and O–H groups in total. The van der Waals surface area contributed by atoms with Crippen molar-refractivity contribution in [2.75, 3.05) is 27.3 Å². The topological polar surface area (TPSA) is 21.7 Å². The van der Waals surface area contributed by atoms with Gasteiger partial charge in [-0.2, -0.15) is 0 Å². The van der Waals surface area contributed by atoms with Crippen molar-refractivity contribution in [2.45, 2.75) is 32.2 Å². The molecule has 1 aliphatic rings. The summed E-state index contributed by atoms with van der Waals surface area (Å²) in [4.78, 5) is 2.60.